The predicted molar refractivity (Wildman–Crippen MR) is 118 cm³/mol. The molecule has 12 nitrogen and oxygen atoms in total. The summed E-state index contributed by atoms with van der Waals surface area (Å²) in [7, 11) is 0. The maximum absolute atomic E-state index is 12.6. The molecule has 33 heavy (non-hydrogen) atoms. The summed E-state index contributed by atoms with van der Waals surface area (Å²) in [6, 6.07) is 1.74. The van der Waals surface area contributed by atoms with E-state index in [-0.39, 0.29) is 40.5 Å². The number of aromatic nitrogens is 3. The predicted octanol–water partition coefficient (Wildman–Crippen LogP) is 1.05. The number of fused-ring (bicyclic) bond motifs is 1. The van der Waals surface area contributed by atoms with E-state index >= 15 is 0 Å². The van der Waals surface area contributed by atoms with Gasteiger partial charge in [-0.1, -0.05) is 0 Å². The molecule has 0 bridgehead atoms. The largest absolute Gasteiger partial charge is 0.481 e. The van der Waals surface area contributed by atoms with Crippen molar-refractivity contribution >= 4 is 51.9 Å². The van der Waals surface area contributed by atoms with Gasteiger partial charge in [0, 0.05) is 29.8 Å². The molecule has 0 aromatic carbocycles. The van der Waals surface area contributed by atoms with Gasteiger partial charge in [-0.15, -0.1) is 11.3 Å². The number of aliphatic carboxylic acids is 2. The zero-order valence-electron chi connectivity index (χ0n) is 17.4. The van der Waals surface area contributed by atoms with Crippen molar-refractivity contribution in [3.05, 3.63) is 44.0 Å². The van der Waals surface area contributed by atoms with Crippen molar-refractivity contribution in [2.24, 2.45) is 0 Å². The molecule has 0 radical (unpaired) electrons. The van der Waals surface area contributed by atoms with Gasteiger partial charge in [-0.25, -0.2) is 4.79 Å². The zero-order valence-corrected chi connectivity index (χ0v) is 18.2. The van der Waals surface area contributed by atoms with Crippen LogP contribution in [0.3, 0.4) is 0 Å². The van der Waals surface area contributed by atoms with Crippen molar-refractivity contribution in [1.29, 1.82) is 0 Å². The number of nitrogen functional groups attached to an aromatic ring is 1. The molecule has 2 atom stereocenters. The van der Waals surface area contributed by atoms with Crippen LogP contribution in [-0.2, 0) is 14.4 Å². The number of rotatable bonds is 10. The van der Waals surface area contributed by atoms with E-state index < -0.39 is 41.8 Å². The smallest absolute Gasteiger partial charge is 0.326 e. The number of carbonyl (C=O) groups is 4. The van der Waals surface area contributed by atoms with Crippen LogP contribution in [0.15, 0.2) is 23.1 Å². The Bertz CT molecular complexity index is 1290. The van der Waals surface area contributed by atoms with Crippen molar-refractivity contribution in [3.63, 3.8) is 0 Å². The van der Waals surface area contributed by atoms with E-state index in [4.69, 9.17) is 10.8 Å². The molecule has 7 N–H and O–H groups in total. The Balaban J connectivity index is 1.91. The first-order valence-electron chi connectivity index (χ1n) is 9.78. The average Bonchev–Trinajstić information content (AvgIpc) is 3.36. The monoisotopic (exact) mass is 475 g/mol. The lowest BCUT2D eigenvalue weighted by Gasteiger charge is -2.14. The van der Waals surface area contributed by atoms with Crippen LogP contribution in [0.25, 0.3) is 11.0 Å². The van der Waals surface area contributed by atoms with Crippen LogP contribution in [0.5, 0.6) is 0 Å². The van der Waals surface area contributed by atoms with Crippen LogP contribution in [0.4, 0.5) is 5.95 Å². The highest BCUT2D eigenvalue weighted by molar-refractivity contribution is 7.14. The van der Waals surface area contributed by atoms with E-state index in [1.807, 2.05) is 0 Å². The van der Waals surface area contributed by atoms with Crippen molar-refractivity contribution in [1.82, 2.24) is 20.3 Å². The number of nitrogens with two attached hydrogens (primary N) is 1. The average molecular weight is 475 g/mol. The molecule has 0 saturated heterocycles. The van der Waals surface area contributed by atoms with Crippen molar-refractivity contribution < 1.29 is 29.4 Å². The first-order chi connectivity index (χ1) is 15.6. The minimum atomic E-state index is -1.36. The fraction of sp³-hybridized carbons (Fsp3) is 0.300. The van der Waals surface area contributed by atoms with Gasteiger partial charge in [0.1, 0.15) is 17.5 Å². The second kappa shape index (κ2) is 9.65. The second-order valence-electron chi connectivity index (χ2n) is 7.38. The number of amides is 1. The van der Waals surface area contributed by atoms with Crippen LogP contribution in [0, 0.1) is 0 Å². The summed E-state index contributed by atoms with van der Waals surface area (Å²) in [5, 5.41) is 20.6. The van der Waals surface area contributed by atoms with E-state index in [0.29, 0.717) is 10.4 Å². The third-order valence-corrected chi connectivity index (χ3v) is 6.10. The summed E-state index contributed by atoms with van der Waals surface area (Å²) >= 11 is 1.04. The van der Waals surface area contributed by atoms with Crippen molar-refractivity contribution in [2.45, 2.75) is 38.1 Å². The maximum Gasteiger partial charge on any atom is 0.326 e. The number of ketones is 1. The quantitative estimate of drug-likeness (QED) is 0.247. The number of carboxylic acids is 2. The first-order valence-corrected chi connectivity index (χ1v) is 10.6. The Labute approximate surface area is 189 Å². The Kier molecular flexibility index (Phi) is 6.92. The summed E-state index contributed by atoms with van der Waals surface area (Å²) in [6.07, 6.45) is 0.928. The molecule has 3 aromatic heterocycles. The lowest BCUT2D eigenvalue weighted by atomic mass is 9.93. The highest BCUT2D eigenvalue weighted by Crippen LogP contribution is 2.36. The normalized spacial score (nSPS) is 12.9. The number of nitrogens with zero attached hydrogens (tertiary/aromatic N) is 1. The van der Waals surface area contributed by atoms with E-state index in [9.17, 15) is 29.1 Å². The lowest BCUT2D eigenvalue weighted by Crippen LogP contribution is -2.40. The van der Waals surface area contributed by atoms with E-state index in [0.717, 1.165) is 11.3 Å². The molecule has 0 spiro atoms. The summed E-state index contributed by atoms with van der Waals surface area (Å²) in [5.41, 5.74) is 5.88. The van der Waals surface area contributed by atoms with E-state index in [1.54, 1.807) is 12.3 Å². The van der Waals surface area contributed by atoms with Crippen LogP contribution in [-0.4, -0.2) is 54.8 Å². The number of aromatic amines is 2. The number of Topliss-reactive ketones (excluding diaryl/α,β-unsaturated/α-hetero) is 1. The zero-order chi connectivity index (χ0) is 24.3. The van der Waals surface area contributed by atoms with Gasteiger partial charge in [0.15, 0.2) is 0 Å². The molecule has 0 aliphatic rings. The van der Waals surface area contributed by atoms with Crippen molar-refractivity contribution in [2.75, 3.05) is 5.73 Å². The summed E-state index contributed by atoms with van der Waals surface area (Å²) in [5.74, 6) is -3.97. The minimum absolute atomic E-state index is 0.0503. The van der Waals surface area contributed by atoms with Gasteiger partial charge >= 0.3 is 11.9 Å². The molecular weight excluding hydrogens is 454 g/mol. The molecule has 3 heterocycles. The number of anilines is 1. The third-order valence-electron chi connectivity index (χ3n) is 4.90. The highest BCUT2D eigenvalue weighted by atomic mass is 32.1. The number of H-pyrrole nitrogens is 2. The number of carboxylic acid groups (broad SMARTS) is 2. The molecule has 0 fully saturated rings. The topological polar surface area (TPSA) is 208 Å². The molecule has 174 valence electrons. The fourth-order valence-electron chi connectivity index (χ4n) is 3.42. The fourth-order valence-corrected chi connectivity index (χ4v) is 4.45. The molecule has 0 saturated carbocycles. The van der Waals surface area contributed by atoms with Crippen LogP contribution >= 0.6 is 11.3 Å². The van der Waals surface area contributed by atoms with Crippen LogP contribution < -0.4 is 16.6 Å². The number of carbonyl (C=O) groups excluding carboxylic acids is 2. The summed E-state index contributed by atoms with van der Waals surface area (Å²) in [6.45, 7) is 1.41. The van der Waals surface area contributed by atoms with Gasteiger partial charge in [0.25, 0.3) is 11.5 Å². The van der Waals surface area contributed by atoms with E-state index in [1.165, 1.54) is 13.0 Å². The van der Waals surface area contributed by atoms with E-state index in [2.05, 4.69) is 20.3 Å². The molecule has 1 unspecified atom stereocenters. The van der Waals surface area contributed by atoms with Gasteiger partial charge in [-0.2, -0.15) is 4.98 Å². The van der Waals surface area contributed by atoms with Crippen LogP contribution in [0.2, 0.25) is 0 Å². The molecule has 3 aromatic rings. The summed E-state index contributed by atoms with van der Waals surface area (Å²) in [4.78, 5) is 69.2. The minimum Gasteiger partial charge on any atom is -0.481 e. The summed E-state index contributed by atoms with van der Waals surface area (Å²) < 4.78 is 0. The van der Waals surface area contributed by atoms with Gasteiger partial charge in [-0.3, -0.25) is 24.2 Å². The Morgan fingerprint density at radius 3 is 2.61 bits per heavy atom. The lowest BCUT2D eigenvalue weighted by molar-refractivity contribution is -0.140. The Morgan fingerprint density at radius 2 is 1.97 bits per heavy atom. The highest BCUT2D eigenvalue weighted by Gasteiger charge is 2.26. The number of nitrogens with one attached hydrogen (secondary N) is 3. The molecule has 1 amide bonds. The van der Waals surface area contributed by atoms with Gasteiger partial charge in [0.05, 0.1) is 10.3 Å². The molecular formula is C20H21N5O7S. The second-order valence-corrected chi connectivity index (χ2v) is 8.49. The third kappa shape index (κ3) is 5.44. The van der Waals surface area contributed by atoms with Crippen molar-refractivity contribution in [3.8, 4) is 0 Å². The van der Waals surface area contributed by atoms with Crippen LogP contribution in [0.1, 0.15) is 52.2 Å². The van der Waals surface area contributed by atoms with Gasteiger partial charge < -0.3 is 26.2 Å². The van der Waals surface area contributed by atoms with Gasteiger partial charge in [0.2, 0.25) is 5.95 Å². The maximum atomic E-state index is 12.6. The molecule has 0 aliphatic heterocycles. The first kappa shape index (κ1) is 23.7. The SMILES string of the molecule is CC(=O)CC(c1ccc(C(=O)N[C@@H](CCC(=O)O)C(=O)O)s1)c1c[nH]c2nc(N)[nH]c(=O)c12. The Hall–Kier alpha value is -4.00. The number of hydrogen-bond acceptors (Lipinski definition) is 8. The molecule has 0 aliphatic carbocycles. The Morgan fingerprint density at radius 1 is 1.24 bits per heavy atom. The standard InChI is InChI=1S/C20H21N5O7S/c1-8(26)6-9(10-7-22-16-15(10)18(30)25-20(21)24-16)12-3-4-13(33-12)17(29)23-11(19(31)32)2-5-14(27)28/h3-4,7,9,11H,2,5-6H2,1H3,(H,23,29)(H,27,28)(H,31,32)(H4,21,22,24,25,30)/t9?,11-/m0/s1. The molecule has 3 rings (SSSR count). The van der Waals surface area contributed by atoms with Gasteiger partial charge in [-0.05, 0) is 31.0 Å². The molecule has 13 heteroatoms. The number of hydrogen-bond donors (Lipinski definition) is 6. The number of thiophene rings is 1.